The Bertz CT molecular complexity index is 1160. The molecule has 3 aromatic rings. The van der Waals surface area contributed by atoms with Crippen molar-refractivity contribution in [3.05, 3.63) is 53.9 Å². The third-order valence-electron chi connectivity index (χ3n) is 7.18. The summed E-state index contributed by atoms with van der Waals surface area (Å²) >= 11 is 0. The Hall–Kier alpha value is -3.02. The van der Waals surface area contributed by atoms with E-state index in [1.807, 2.05) is 48.7 Å². The Morgan fingerprint density at radius 3 is 2.74 bits per heavy atom. The highest BCUT2D eigenvalue weighted by Gasteiger charge is 2.49. The van der Waals surface area contributed by atoms with Crippen molar-refractivity contribution in [1.82, 2.24) is 9.88 Å². The summed E-state index contributed by atoms with van der Waals surface area (Å²) in [5.41, 5.74) is 2.73. The van der Waals surface area contributed by atoms with E-state index < -0.39 is 5.54 Å². The number of carbonyl (C=O) groups is 2. The molecule has 1 fully saturated rings. The molecule has 3 heterocycles. The minimum Gasteiger partial charge on any atom is -0.463 e. The molecule has 1 aliphatic heterocycles. The monoisotopic (exact) mass is 419 g/mol. The lowest BCUT2D eigenvalue weighted by molar-refractivity contribution is -0.127. The number of para-hydroxylation sites is 1. The molecule has 0 bridgehead atoms. The number of aryl methyl sites for hydroxylation is 1. The van der Waals surface area contributed by atoms with Crippen LogP contribution in [-0.4, -0.2) is 28.0 Å². The van der Waals surface area contributed by atoms with Crippen LogP contribution < -0.4 is 10.2 Å². The van der Waals surface area contributed by atoms with Crippen molar-refractivity contribution < 1.29 is 14.0 Å². The van der Waals surface area contributed by atoms with Crippen LogP contribution in [0.2, 0.25) is 0 Å². The standard InChI is InChI=1S/C25H29N3O3/c1-16-8-4-6-10-18(16)26-24(30)25(3)15-27-20-12-13-31-22(20)14-21(27)23(29)28(25)19-11-7-5-9-17(19)2/h5,7,9,11-14,16,18H,4,6,8,10,15H2,1-3H3,(H,26,30)/t16-,18+,25+/m0/s1. The summed E-state index contributed by atoms with van der Waals surface area (Å²) in [7, 11) is 0. The van der Waals surface area contributed by atoms with Gasteiger partial charge in [-0.1, -0.05) is 38.0 Å². The minimum absolute atomic E-state index is 0.0983. The SMILES string of the molecule is Cc1ccccc1N1C(=O)c2cc3occc3n2C[C@]1(C)C(=O)N[C@@H]1CCCC[C@@H]1C. The van der Waals surface area contributed by atoms with Gasteiger partial charge in [-0.2, -0.15) is 0 Å². The van der Waals surface area contributed by atoms with E-state index in [0.29, 0.717) is 23.7 Å². The van der Waals surface area contributed by atoms with E-state index in [1.54, 1.807) is 17.2 Å². The Kier molecular flexibility index (Phi) is 4.68. The highest BCUT2D eigenvalue weighted by Crippen LogP contribution is 2.38. The number of fused-ring (bicyclic) bond motifs is 3. The fourth-order valence-electron chi connectivity index (χ4n) is 5.26. The number of amides is 2. The van der Waals surface area contributed by atoms with Crippen LogP contribution >= 0.6 is 0 Å². The predicted molar refractivity (Wildman–Crippen MR) is 120 cm³/mol. The third kappa shape index (κ3) is 3.08. The van der Waals surface area contributed by atoms with Gasteiger partial charge in [0.2, 0.25) is 5.91 Å². The van der Waals surface area contributed by atoms with Crippen molar-refractivity contribution in [2.45, 2.75) is 64.6 Å². The molecule has 1 N–H and O–H groups in total. The zero-order valence-corrected chi connectivity index (χ0v) is 18.4. The van der Waals surface area contributed by atoms with E-state index >= 15 is 0 Å². The summed E-state index contributed by atoms with van der Waals surface area (Å²) in [6, 6.07) is 11.5. The van der Waals surface area contributed by atoms with Crippen LogP contribution in [0.5, 0.6) is 0 Å². The molecule has 31 heavy (non-hydrogen) atoms. The van der Waals surface area contributed by atoms with Gasteiger partial charge in [0.1, 0.15) is 11.2 Å². The fourth-order valence-corrected chi connectivity index (χ4v) is 5.26. The van der Waals surface area contributed by atoms with Gasteiger partial charge in [0, 0.05) is 23.9 Å². The number of hydrogen-bond acceptors (Lipinski definition) is 3. The normalized spacial score (nSPS) is 26.2. The van der Waals surface area contributed by atoms with Crippen LogP contribution in [0.4, 0.5) is 5.69 Å². The van der Waals surface area contributed by atoms with Gasteiger partial charge in [0.05, 0.1) is 18.3 Å². The van der Waals surface area contributed by atoms with Crippen LogP contribution in [0.15, 0.2) is 47.1 Å². The molecule has 1 saturated carbocycles. The van der Waals surface area contributed by atoms with E-state index in [4.69, 9.17) is 4.42 Å². The van der Waals surface area contributed by atoms with Crippen LogP contribution in [0, 0.1) is 12.8 Å². The number of aromatic nitrogens is 1. The smallest absolute Gasteiger partial charge is 0.276 e. The maximum Gasteiger partial charge on any atom is 0.276 e. The second kappa shape index (κ2) is 7.29. The maximum absolute atomic E-state index is 13.8. The summed E-state index contributed by atoms with van der Waals surface area (Å²) < 4.78 is 7.49. The van der Waals surface area contributed by atoms with Crippen molar-refractivity contribution in [3.63, 3.8) is 0 Å². The van der Waals surface area contributed by atoms with Gasteiger partial charge in [-0.15, -0.1) is 0 Å². The fraction of sp³-hybridized carbons (Fsp3) is 0.440. The predicted octanol–water partition coefficient (Wildman–Crippen LogP) is 4.66. The number of benzene rings is 1. The highest BCUT2D eigenvalue weighted by atomic mass is 16.3. The molecule has 0 unspecified atom stereocenters. The van der Waals surface area contributed by atoms with Gasteiger partial charge in [0.15, 0.2) is 5.58 Å². The number of anilines is 1. The zero-order chi connectivity index (χ0) is 21.8. The van der Waals surface area contributed by atoms with E-state index in [1.165, 1.54) is 6.42 Å². The quantitative estimate of drug-likeness (QED) is 0.672. The molecule has 2 amide bonds. The van der Waals surface area contributed by atoms with Gasteiger partial charge in [-0.3, -0.25) is 14.5 Å². The summed E-state index contributed by atoms with van der Waals surface area (Å²) in [5, 5.41) is 3.31. The molecular formula is C25H29N3O3. The van der Waals surface area contributed by atoms with Crippen LogP contribution in [-0.2, 0) is 11.3 Å². The number of nitrogens with zero attached hydrogens (tertiary/aromatic N) is 2. The molecule has 2 aliphatic rings. The Morgan fingerprint density at radius 1 is 1.19 bits per heavy atom. The number of carbonyl (C=O) groups excluding carboxylic acids is 2. The summed E-state index contributed by atoms with van der Waals surface area (Å²) in [4.78, 5) is 29.3. The number of nitrogens with one attached hydrogen (secondary N) is 1. The molecule has 0 saturated heterocycles. The molecule has 0 spiro atoms. The topological polar surface area (TPSA) is 67.5 Å². The molecule has 1 aliphatic carbocycles. The first kappa shape index (κ1) is 19.9. The average molecular weight is 420 g/mol. The first-order valence-electron chi connectivity index (χ1n) is 11.2. The van der Waals surface area contributed by atoms with Crippen molar-refractivity contribution in [3.8, 4) is 0 Å². The van der Waals surface area contributed by atoms with E-state index in [2.05, 4.69) is 12.2 Å². The molecule has 3 atom stereocenters. The second-order valence-electron chi connectivity index (χ2n) is 9.33. The van der Waals surface area contributed by atoms with E-state index in [-0.39, 0.29) is 17.9 Å². The summed E-state index contributed by atoms with van der Waals surface area (Å²) in [6.07, 6.45) is 6.08. The van der Waals surface area contributed by atoms with Crippen LogP contribution in [0.1, 0.15) is 55.6 Å². The average Bonchev–Trinajstić information content (AvgIpc) is 3.33. The Labute approximate surface area is 182 Å². The minimum atomic E-state index is -1.06. The van der Waals surface area contributed by atoms with Crippen molar-refractivity contribution in [2.75, 3.05) is 4.90 Å². The maximum atomic E-state index is 13.8. The van der Waals surface area contributed by atoms with Crippen LogP contribution in [0.3, 0.4) is 0 Å². The van der Waals surface area contributed by atoms with E-state index in [0.717, 1.165) is 36.0 Å². The van der Waals surface area contributed by atoms with Crippen molar-refractivity contribution in [1.29, 1.82) is 0 Å². The third-order valence-corrected chi connectivity index (χ3v) is 7.18. The molecule has 6 heteroatoms. The van der Waals surface area contributed by atoms with Gasteiger partial charge >= 0.3 is 0 Å². The first-order chi connectivity index (χ1) is 14.9. The van der Waals surface area contributed by atoms with Crippen LogP contribution in [0.25, 0.3) is 11.1 Å². The van der Waals surface area contributed by atoms with Gasteiger partial charge in [0.25, 0.3) is 5.91 Å². The lowest BCUT2D eigenvalue weighted by Gasteiger charge is -2.45. The molecular weight excluding hydrogens is 390 g/mol. The van der Waals surface area contributed by atoms with Gasteiger partial charge < -0.3 is 14.3 Å². The lowest BCUT2D eigenvalue weighted by Crippen LogP contribution is -2.66. The highest BCUT2D eigenvalue weighted by molar-refractivity contribution is 6.14. The van der Waals surface area contributed by atoms with Crippen molar-refractivity contribution >= 4 is 28.6 Å². The molecule has 162 valence electrons. The first-order valence-corrected chi connectivity index (χ1v) is 11.2. The molecule has 1 aromatic carbocycles. The number of hydrogen-bond donors (Lipinski definition) is 1. The zero-order valence-electron chi connectivity index (χ0n) is 18.4. The molecule has 5 rings (SSSR count). The second-order valence-corrected chi connectivity index (χ2v) is 9.33. The summed E-state index contributed by atoms with van der Waals surface area (Å²) in [5.74, 6) is 0.162. The molecule has 2 aromatic heterocycles. The molecule has 0 radical (unpaired) electrons. The molecule has 6 nitrogen and oxygen atoms in total. The lowest BCUT2D eigenvalue weighted by atomic mass is 9.84. The van der Waals surface area contributed by atoms with Gasteiger partial charge in [-0.05, 0) is 44.2 Å². The number of furan rings is 1. The Balaban J connectivity index is 1.61. The number of rotatable bonds is 3. The van der Waals surface area contributed by atoms with Gasteiger partial charge in [-0.25, -0.2) is 0 Å². The van der Waals surface area contributed by atoms with Crippen molar-refractivity contribution in [2.24, 2.45) is 5.92 Å². The van der Waals surface area contributed by atoms with E-state index in [9.17, 15) is 9.59 Å². The Morgan fingerprint density at radius 2 is 1.97 bits per heavy atom. The largest absolute Gasteiger partial charge is 0.463 e. The summed E-state index contributed by atoms with van der Waals surface area (Å²) in [6.45, 7) is 6.44.